The predicted octanol–water partition coefficient (Wildman–Crippen LogP) is 14.5. The van der Waals surface area contributed by atoms with Crippen LogP contribution in [0.5, 0.6) is 0 Å². The lowest BCUT2D eigenvalue weighted by molar-refractivity contribution is 0.601. The summed E-state index contributed by atoms with van der Waals surface area (Å²) in [4.78, 5) is 0. The summed E-state index contributed by atoms with van der Waals surface area (Å²) in [5.41, 5.74) is 10.4. The minimum atomic E-state index is -0.0207. The Morgan fingerprint density at radius 1 is 0.353 bits per heavy atom. The number of hydrogen-bond acceptors (Lipinski definition) is 1. The highest BCUT2D eigenvalue weighted by Crippen LogP contribution is 2.48. The van der Waals surface area contributed by atoms with E-state index in [9.17, 15) is 0 Å². The highest BCUT2D eigenvalue weighted by molar-refractivity contribution is 6.23. The predicted molar refractivity (Wildman–Crippen MR) is 219 cm³/mol. The second-order valence-electron chi connectivity index (χ2n) is 14.8. The SMILES string of the molecule is CC(C)(C)c1c2ccccc2c(-c2cccc3c2oc2cc(-c4c5ccccc5c(-c5ccccc5)c5ccccc45)ccc23)c2ccccc12. The molecule has 0 atom stereocenters. The van der Waals surface area contributed by atoms with E-state index in [1.165, 1.54) is 70.9 Å². The quantitative estimate of drug-likeness (QED) is 0.173. The zero-order chi connectivity index (χ0) is 34.3. The van der Waals surface area contributed by atoms with Crippen LogP contribution in [0.1, 0.15) is 26.3 Å². The largest absolute Gasteiger partial charge is 0.455 e. The van der Waals surface area contributed by atoms with Crippen molar-refractivity contribution < 1.29 is 4.42 Å². The fourth-order valence-corrected chi connectivity index (χ4v) is 8.73. The van der Waals surface area contributed by atoms with E-state index in [0.717, 1.165) is 33.1 Å². The Balaban J connectivity index is 1.25. The number of furan rings is 1. The molecule has 0 amide bonds. The molecule has 0 radical (unpaired) electrons. The van der Waals surface area contributed by atoms with E-state index in [1.54, 1.807) is 0 Å². The van der Waals surface area contributed by atoms with Crippen molar-refractivity contribution >= 4 is 65.0 Å². The van der Waals surface area contributed by atoms with Gasteiger partial charge in [-0.15, -0.1) is 0 Å². The van der Waals surface area contributed by atoms with Gasteiger partial charge in [-0.2, -0.15) is 0 Å². The molecule has 10 aromatic rings. The van der Waals surface area contributed by atoms with Crippen LogP contribution in [0.15, 0.2) is 168 Å². The van der Waals surface area contributed by atoms with Crippen LogP contribution in [-0.2, 0) is 5.41 Å². The van der Waals surface area contributed by atoms with Crippen LogP contribution in [0.25, 0.3) is 98.4 Å². The van der Waals surface area contributed by atoms with Crippen LogP contribution in [0, 0.1) is 0 Å². The van der Waals surface area contributed by atoms with Crippen molar-refractivity contribution in [3.63, 3.8) is 0 Å². The molecule has 10 rings (SSSR count). The number of benzene rings is 9. The van der Waals surface area contributed by atoms with Gasteiger partial charge in [0.1, 0.15) is 11.2 Å². The minimum Gasteiger partial charge on any atom is -0.455 e. The van der Waals surface area contributed by atoms with E-state index >= 15 is 0 Å². The van der Waals surface area contributed by atoms with Crippen molar-refractivity contribution in [2.75, 3.05) is 0 Å². The molecule has 0 aliphatic rings. The van der Waals surface area contributed by atoms with Gasteiger partial charge in [-0.05, 0) is 88.5 Å². The number of fused-ring (bicyclic) bond motifs is 7. The van der Waals surface area contributed by atoms with Crippen molar-refractivity contribution in [3.05, 3.63) is 169 Å². The Morgan fingerprint density at radius 2 is 0.804 bits per heavy atom. The topological polar surface area (TPSA) is 13.1 Å². The first-order chi connectivity index (χ1) is 25.0. The lowest BCUT2D eigenvalue weighted by atomic mass is 9.78. The van der Waals surface area contributed by atoms with Crippen LogP contribution in [-0.4, -0.2) is 0 Å². The molecule has 51 heavy (non-hydrogen) atoms. The molecule has 0 N–H and O–H groups in total. The zero-order valence-corrected chi connectivity index (χ0v) is 29.0. The minimum absolute atomic E-state index is 0.0207. The second-order valence-corrected chi connectivity index (χ2v) is 14.8. The summed E-state index contributed by atoms with van der Waals surface area (Å²) in [5, 5.41) is 12.4. The summed E-state index contributed by atoms with van der Waals surface area (Å²) < 4.78 is 7.01. The van der Waals surface area contributed by atoms with Gasteiger partial charge in [0.05, 0.1) is 0 Å². The van der Waals surface area contributed by atoms with Gasteiger partial charge in [-0.1, -0.05) is 172 Å². The highest BCUT2D eigenvalue weighted by Gasteiger charge is 2.25. The summed E-state index contributed by atoms with van der Waals surface area (Å²) >= 11 is 0. The molecular formula is C50H36O. The molecule has 0 saturated carbocycles. The maximum absolute atomic E-state index is 7.01. The lowest BCUT2D eigenvalue weighted by Gasteiger charge is -2.26. The summed E-state index contributed by atoms with van der Waals surface area (Å²) in [7, 11) is 0. The van der Waals surface area contributed by atoms with Gasteiger partial charge in [0.25, 0.3) is 0 Å². The average molecular weight is 653 g/mol. The van der Waals surface area contributed by atoms with E-state index in [2.05, 4.69) is 185 Å². The van der Waals surface area contributed by atoms with Gasteiger partial charge < -0.3 is 4.42 Å². The normalized spacial score (nSPS) is 12.2. The van der Waals surface area contributed by atoms with Gasteiger partial charge in [0.2, 0.25) is 0 Å². The van der Waals surface area contributed by atoms with E-state index < -0.39 is 0 Å². The highest BCUT2D eigenvalue weighted by atomic mass is 16.3. The van der Waals surface area contributed by atoms with Crippen LogP contribution >= 0.6 is 0 Å². The molecule has 0 bridgehead atoms. The zero-order valence-electron chi connectivity index (χ0n) is 29.0. The van der Waals surface area contributed by atoms with Gasteiger partial charge in [0.15, 0.2) is 0 Å². The number of hydrogen-bond donors (Lipinski definition) is 0. The molecule has 9 aromatic carbocycles. The van der Waals surface area contributed by atoms with Gasteiger partial charge >= 0.3 is 0 Å². The first kappa shape index (κ1) is 29.7. The first-order valence-electron chi connectivity index (χ1n) is 17.9. The number of rotatable bonds is 3. The van der Waals surface area contributed by atoms with Gasteiger partial charge in [0, 0.05) is 21.9 Å². The number of para-hydroxylation sites is 1. The Labute approximate surface area is 297 Å². The molecule has 0 saturated heterocycles. The molecule has 1 aromatic heterocycles. The maximum Gasteiger partial charge on any atom is 0.143 e. The molecule has 1 heterocycles. The molecular weight excluding hydrogens is 617 g/mol. The third-order valence-electron chi connectivity index (χ3n) is 10.7. The van der Waals surface area contributed by atoms with E-state index in [1.807, 2.05) is 0 Å². The van der Waals surface area contributed by atoms with Gasteiger partial charge in [-0.25, -0.2) is 0 Å². The Kier molecular flexibility index (Phi) is 6.51. The van der Waals surface area contributed by atoms with Crippen molar-refractivity contribution in [1.82, 2.24) is 0 Å². The molecule has 1 nitrogen and oxygen atoms in total. The van der Waals surface area contributed by atoms with E-state index in [-0.39, 0.29) is 5.41 Å². The van der Waals surface area contributed by atoms with Crippen LogP contribution < -0.4 is 0 Å². The third kappa shape index (κ3) is 4.48. The van der Waals surface area contributed by atoms with Crippen molar-refractivity contribution in [2.24, 2.45) is 0 Å². The lowest BCUT2D eigenvalue weighted by Crippen LogP contribution is -2.13. The molecule has 0 aliphatic heterocycles. The van der Waals surface area contributed by atoms with Crippen molar-refractivity contribution in [1.29, 1.82) is 0 Å². The summed E-state index contributed by atoms with van der Waals surface area (Å²) in [6.07, 6.45) is 0. The first-order valence-corrected chi connectivity index (χ1v) is 17.9. The summed E-state index contributed by atoms with van der Waals surface area (Å²) in [6.45, 7) is 6.96. The fraction of sp³-hybridized carbons (Fsp3) is 0.0800. The molecule has 0 spiro atoms. The van der Waals surface area contributed by atoms with Crippen molar-refractivity contribution in [3.8, 4) is 33.4 Å². The van der Waals surface area contributed by atoms with Gasteiger partial charge in [-0.3, -0.25) is 0 Å². The summed E-state index contributed by atoms with van der Waals surface area (Å²) in [6, 6.07) is 59.7. The average Bonchev–Trinajstić information content (AvgIpc) is 3.54. The Hall–Kier alpha value is -6.18. The van der Waals surface area contributed by atoms with E-state index in [4.69, 9.17) is 4.42 Å². The molecule has 242 valence electrons. The van der Waals surface area contributed by atoms with Crippen LogP contribution in [0.2, 0.25) is 0 Å². The smallest absolute Gasteiger partial charge is 0.143 e. The standard InChI is InChI=1S/C50H36O/c1-50(2,3)48-40-24-13-11-22-38(40)47(39-23-12-14-25-41(39)48)43-27-15-26-42-33-29-28-32(30-44(33)51-49(42)43)46-36-20-9-7-18-34(36)45(31-16-5-4-6-17-31)35-19-8-10-21-37(35)46/h4-30H,1-3H3. The van der Waals surface area contributed by atoms with Crippen LogP contribution in [0.3, 0.4) is 0 Å². The molecule has 0 unspecified atom stereocenters. The molecule has 0 fully saturated rings. The Morgan fingerprint density at radius 3 is 1.33 bits per heavy atom. The fourth-order valence-electron chi connectivity index (χ4n) is 8.73. The second kappa shape index (κ2) is 11.2. The third-order valence-corrected chi connectivity index (χ3v) is 10.7. The molecule has 0 aliphatic carbocycles. The maximum atomic E-state index is 7.01. The van der Waals surface area contributed by atoms with Crippen LogP contribution in [0.4, 0.5) is 0 Å². The molecule has 1 heteroatoms. The van der Waals surface area contributed by atoms with Crippen molar-refractivity contribution in [2.45, 2.75) is 26.2 Å². The summed E-state index contributed by atoms with van der Waals surface area (Å²) in [5.74, 6) is 0. The Bertz CT molecular complexity index is 2880. The van der Waals surface area contributed by atoms with E-state index in [0.29, 0.717) is 0 Å². The monoisotopic (exact) mass is 652 g/mol.